The smallest absolute Gasteiger partial charge is 0.291 e. The fourth-order valence-electron chi connectivity index (χ4n) is 3.80. The SMILES string of the molecule is CCc1ccc(OCc2ccc(C(=O)Nc3cc(Oc4cc(C)cc(C)c4C)cc([N+](=O)[O-])c3)o2)cc1. The van der Waals surface area contributed by atoms with Gasteiger partial charge in [-0.3, -0.25) is 14.9 Å². The minimum atomic E-state index is -0.549. The van der Waals surface area contributed by atoms with Gasteiger partial charge in [-0.25, -0.2) is 0 Å². The molecule has 0 spiro atoms. The van der Waals surface area contributed by atoms with Crippen molar-refractivity contribution >= 4 is 17.3 Å². The lowest BCUT2D eigenvalue weighted by atomic mass is 10.1. The van der Waals surface area contributed by atoms with E-state index in [1.54, 1.807) is 6.07 Å². The van der Waals surface area contributed by atoms with Crippen molar-refractivity contribution in [2.24, 2.45) is 0 Å². The minimum absolute atomic E-state index is 0.0547. The van der Waals surface area contributed by atoms with E-state index in [1.807, 2.05) is 57.2 Å². The molecule has 0 atom stereocenters. The molecule has 0 aliphatic heterocycles. The van der Waals surface area contributed by atoms with Gasteiger partial charge in [0.25, 0.3) is 11.6 Å². The molecule has 0 bridgehead atoms. The number of nitrogens with zero attached hydrogens (tertiary/aromatic N) is 1. The number of furan rings is 1. The Labute approximate surface area is 215 Å². The number of non-ortho nitro benzene ring substituents is 1. The molecule has 4 aromatic rings. The van der Waals surface area contributed by atoms with E-state index in [0.29, 0.717) is 17.3 Å². The number of aryl methyl sites for hydroxylation is 3. The van der Waals surface area contributed by atoms with Crippen LogP contribution >= 0.6 is 0 Å². The van der Waals surface area contributed by atoms with E-state index < -0.39 is 10.8 Å². The molecular weight excluding hydrogens is 472 g/mol. The Morgan fingerprint density at radius 3 is 2.43 bits per heavy atom. The third-order valence-corrected chi connectivity index (χ3v) is 5.95. The van der Waals surface area contributed by atoms with Crippen LogP contribution in [0, 0.1) is 30.9 Å². The van der Waals surface area contributed by atoms with E-state index >= 15 is 0 Å². The van der Waals surface area contributed by atoms with Crippen molar-refractivity contribution in [3.05, 3.63) is 111 Å². The number of hydrogen-bond donors (Lipinski definition) is 1. The van der Waals surface area contributed by atoms with Crippen molar-refractivity contribution in [2.45, 2.75) is 40.7 Å². The Hall–Kier alpha value is -4.59. The van der Waals surface area contributed by atoms with Crippen LogP contribution in [0.4, 0.5) is 11.4 Å². The van der Waals surface area contributed by atoms with Crippen LogP contribution < -0.4 is 14.8 Å². The fraction of sp³-hybridized carbons (Fsp3) is 0.207. The first-order valence-corrected chi connectivity index (χ1v) is 11.9. The highest BCUT2D eigenvalue weighted by molar-refractivity contribution is 6.02. The van der Waals surface area contributed by atoms with E-state index in [4.69, 9.17) is 13.9 Å². The molecule has 1 aromatic heterocycles. The van der Waals surface area contributed by atoms with Gasteiger partial charge in [0.15, 0.2) is 5.76 Å². The molecule has 0 fully saturated rings. The van der Waals surface area contributed by atoms with Crippen molar-refractivity contribution in [1.82, 2.24) is 0 Å². The molecule has 0 saturated carbocycles. The van der Waals surface area contributed by atoms with E-state index in [1.165, 1.54) is 29.8 Å². The first-order chi connectivity index (χ1) is 17.7. The third kappa shape index (κ3) is 6.35. The van der Waals surface area contributed by atoms with Gasteiger partial charge in [-0.05, 0) is 79.8 Å². The van der Waals surface area contributed by atoms with E-state index in [2.05, 4.69) is 12.2 Å². The van der Waals surface area contributed by atoms with Gasteiger partial charge in [0.2, 0.25) is 0 Å². The Bertz CT molecular complexity index is 1440. The number of hydrogen-bond acceptors (Lipinski definition) is 6. The van der Waals surface area contributed by atoms with Gasteiger partial charge < -0.3 is 19.2 Å². The second-order valence-corrected chi connectivity index (χ2v) is 8.79. The molecule has 0 aliphatic rings. The van der Waals surface area contributed by atoms with Gasteiger partial charge in [0.1, 0.15) is 29.6 Å². The maximum atomic E-state index is 12.8. The molecule has 1 amide bonds. The molecule has 0 saturated heterocycles. The lowest BCUT2D eigenvalue weighted by Gasteiger charge is -2.13. The Kier molecular flexibility index (Phi) is 7.57. The molecule has 8 nitrogen and oxygen atoms in total. The maximum Gasteiger partial charge on any atom is 0.291 e. The van der Waals surface area contributed by atoms with E-state index in [0.717, 1.165) is 23.1 Å². The molecule has 0 unspecified atom stereocenters. The second-order valence-electron chi connectivity index (χ2n) is 8.79. The van der Waals surface area contributed by atoms with Crippen LogP contribution in [0.2, 0.25) is 0 Å². The van der Waals surface area contributed by atoms with Gasteiger partial charge in [-0.15, -0.1) is 0 Å². The van der Waals surface area contributed by atoms with Crippen LogP contribution in [0.15, 0.2) is 71.1 Å². The van der Waals surface area contributed by atoms with Gasteiger partial charge in [0, 0.05) is 12.1 Å². The number of rotatable bonds is 9. The summed E-state index contributed by atoms with van der Waals surface area (Å²) >= 11 is 0. The molecule has 37 heavy (non-hydrogen) atoms. The van der Waals surface area contributed by atoms with Crippen molar-refractivity contribution in [1.29, 1.82) is 0 Å². The summed E-state index contributed by atoms with van der Waals surface area (Å²) in [6.07, 6.45) is 0.945. The number of anilines is 1. The van der Waals surface area contributed by atoms with Crippen LogP contribution in [0.25, 0.3) is 0 Å². The summed E-state index contributed by atoms with van der Waals surface area (Å²) in [5.41, 5.74) is 4.19. The number of carbonyl (C=O) groups excluding carboxylic acids is 1. The highest BCUT2D eigenvalue weighted by Gasteiger charge is 2.17. The van der Waals surface area contributed by atoms with Gasteiger partial charge >= 0.3 is 0 Å². The van der Waals surface area contributed by atoms with Gasteiger partial charge in [-0.2, -0.15) is 0 Å². The number of nitrogens with one attached hydrogen (secondary N) is 1. The molecule has 4 rings (SSSR count). The molecule has 190 valence electrons. The molecule has 1 heterocycles. The van der Waals surface area contributed by atoms with Crippen LogP contribution in [0.1, 0.15) is 45.5 Å². The normalized spacial score (nSPS) is 10.7. The van der Waals surface area contributed by atoms with Gasteiger partial charge in [-0.1, -0.05) is 25.1 Å². The zero-order valence-corrected chi connectivity index (χ0v) is 21.2. The second kappa shape index (κ2) is 11.0. The summed E-state index contributed by atoms with van der Waals surface area (Å²) in [6.45, 7) is 8.08. The first-order valence-electron chi connectivity index (χ1n) is 11.9. The summed E-state index contributed by atoms with van der Waals surface area (Å²) in [5.74, 6) is 1.50. The van der Waals surface area contributed by atoms with Crippen LogP contribution in [0.5, 0.6) is 17.2 Å². The number of nitro benzene ring substituents is 1. The lowest BCUT2D eigenvalue weighted by molar-refractivity contribution is -0.384. The van der Waals surface area contributed by atoms with Crippen molar-refractivity contribution in [3.8, 4) is 17.2 Å². The molecule has 0 radical (unpaired) electrons. The highest BCUT2D eigenvalue weighted by atomic mass is 16.6. The number of ether oxygens (including phenoxy) is 2. The summed E-state index contributed by atoms with van der Waals surface area (Å²) in [6, 6.07) is 19.0. The zero-order chi connectivity index (χ0) is 26.5. The van der Waals surface area contributed by atoms with E-state index in [9.17, 15) is 14.9 Å². The zero-order valence-electron chi connectivity index (χ0n) is 21.2. The van der Waals surface area contributed by atoms with Crippen LogP contribution in [0.3, 0.4) is 0 Å². The standard InChI is InChI=1S/C29H28N2O6/c1-5-21-6-8-24(9-7-21)35-17-25-10-11-27(36-25)29(32)30-22-14-23(31(33)34)16-26(15-22)37-28-13-18(2)12-19(3)20(28)4/h6-16H,5,17H2,1-4H3,(H,30,32). The molecule has 0 aliphatic carbocycles. The summed E-state index contributed by atoms with van der Waals surface area (Å²) in [7, 11) is 0. The first kappa shape index (κ1) is 25.5. The Balaban J connectivity index is 1.48. The molecule has 1 N–H and O–H groups in total. The topological polar surface area (TPSA) is 104 Å². The van der Waals surface area contributed by atoms with Crippen molar-refractivity contribution < 1.29 is 23.6 Å². The lowest BCUT2D eigenvalue weighted by Crippen LogP contribution is -2.11. The average Bonchev–Trinajstić information content (AvgIpc) is 3.35. The summed E-state index contributed by atoms with van der Waals surface area (Å²) in [4.78, 5) is 23.8. The quantitative estimate of drug-likeness (QED) is 0.191. The number of amides is 1. The highest BCUT2D eigenvalue weighted by Crippen LogP contribution is 2.33. The molecular formula is C29H28N2O6. The summed E-state index contributed by atoms with van der Waals surface area (Å²) in [5, 5.41) is 14.2. The van der Waals surface area contributed by atoms with Crippen LogP contribution in [-0.2, 0) is 13.0 Å². The molecule has 8 heteroatoms. The maximum absolute atomic E-state index is 12.8. The predicted octanol–water partition coefficient (Wildman–Crippen LogP) is 7.30. The van der Waals surface area contributed by atoms with Crippen LogP contribution in [-0.4, -0.2) is 10.8 Å². The fourth-order valence-corrected chi connectivity index (χ4v) is 3.80. The number of carbonyl (C=O) groups is 1. The average molecular weight is 501 g/mol. The number of nitro groups is 1. The third-order valence-electron chi connectivity index (χ3n) is 5.95. The minimum Gasteiger partial charge on any atom is -0.486 e. The predicted molar refractivity (Wildman–Crippen MR) is 141 cm³/mol. The van der Waals surface area contributed by atoms with Crippen molar-refractivity contribution in [2.75, 3.05) is 5.32 Å². The monoisotopic (exact) mass is 500 g/mol. The van der Waals surface area contributed by atoms with Gasteiger partial charge in [0.05, 0.1) is 16.7 Å². The Morgan fingerprint density at radius 2 is 1.73 bits per heavy atom. The summed E-state index contributed by atoms with van der Waals surface area (Å²) < 4.78 is 17.3. The van der Waals surface area contributed by atoms with E-state index in [-0.39, 0.29) is 29.5 Å². The number of benzene rings is 3. The molecule has 3 aromatic carbocycles. The van der Waals surface area contributed by atoms with Crippen molar-refractivity contribution in [3.63, 3.8) is 0 Å². The largest absolute Gasteiger partial charge is 0.486 e. The Morgan fingerprint density at radius 1 is 0.973 bits per heavy atom.